The molecule has 0 fully saturated rings. The van der Waals surface area contributed by atoms with E-state index in [1.165, 1.54) is 0 Å². The Bertz CT molecular complexity index is 448. The molecule has 5 nitrogen and oxygen atoms in total. The summed E-state index contributed by atoms with van der Waals surface area (Å²) >= 11 is 1.57. The van der Waals surface area contributed by atoms with Crippen molar-refractivity contribution in [1.82, 2.24) is 14.3 Å². The number of aromatic nitrogens is 2. The number of carboxylic acids is 1. The lowest BCUT2D eigenvalue weighted by Gasteiger charge is -2.11. The lowest BCUT2D eigenvalue weighted by Crippen LogP contribution is -2.25. The van der Waals surface area contributed by atoms with E-state index in [1.807, 2.05) is 22.2 Å². The molecule has 2 aromatic heterocycles. The molecule has 15 heavy (non-hydrogen) atoms. The van der Waals surface area contributed by atoms with Crippen LogP contribution in [0.5, 0.6) is 0 Å². The Hall–Kier alpha value is -1.40. The third-order valence-electron chi connectivity index (χ3n) is 1.98. The van der Waals surface area contributed by atoms with Crippen LogP contribution in [0.1, 0.15) is 5.69 Å². The summed E-state index contributed by atoms with van der Waals surface area (Å²) in [5.74, 6) is -0.821. The van der Waals surface area contributed by atoms with E-state index in [0.29, 0.717) is 6.54 Å². The highest BCUT2D eigenvalue weighted by molar-refractivity contribution is 7.15. The highest BCUT2D eigenvalue weighted by atomic mass is 32.1. The van der Waals surface area contributed by atoms with Gasteiger partial charge in [0, 0.05) is 24.3 Å². The maximum absolute atomic E-state index is 10.5. The zero-order valence-electron chi connectivity index (χ0n) is 8.25. The highest BCUT2D eigenvalue weighted by Crippen LogP contribution is 2.12. The molecule has 0 radical (unpaired) electrons. The maximum atomic E-state index is 10.5. The van der Waals surface area contributed by atoms with Crippen LogP contribution >= 0.6 is 11.3 Å². The van der Waals surface area contributed by atoms with Crippen molar-refractivity contribution in [3.8, 4) is 0 Å². The number of carbonyl (C=O) groups is 1. The topological polar surface area (TPSA) is 57.8 Å². The number of fused-ring (bicyclic) bond motifs is 1. The van der Waals surface area contributed by atoms with E-state index in [-0.39, 0.29) is 6.54 Å². The molecule has 0 amide bonds. The molecule has 2 aromatic rings. The third kappa shape index (κ3) is 2.34. The number of rotatable bonds is 4. The Morgan fingerprint density at radius 1 is 1.73 bits per heavy atom. The molecule has 0 aromatic carbocycles. The molecule has 0 saturated heterocycles. The molecule has 0 unspecified atom stereocenters. The number of nitrogens with zero attached hydrogens (tertiary/aromatic N) is 3. The van der Waals surface area contributed by atoms with Crippen LogP contribution in [0.4, 0.5) is 0 Å². The molecule has 0 atom stereocenters. The first-order chi connectivity index (χ1) is 7.15. The Morgan fingerprint density at radius 2 is 2.53 bits per heavy atom. The Morgan fingerprint density at radius 3 is 3.20 bits per heavy atom. The fourth-order valence-electron chi connectivity index (χ4n) is 1.42. The second-order valence-electron chi connectivity index (χ2n) is 3.39. The van der Waals surface area contributed by atoms with Crippen molar-refractivity contribution in [2.75, 3.05) is 13.6 Å². The molecular formula is C9H11N3O2S. The van der Waals surface area contributed by atoms with Gasteiger partial charge in [0.25, 0.3) is 0 Å². The summed E-state index contributed by atoms with van der Waals surface area (Å²) in [6.07, 6.45) is 3.86. The van der Waals surface area contributed by atoms with Crippen LogP contribution < -0.4 is 0 Å². The van der Waals surface area contributed by atoms with E-state index in [2.05, 4.69) is 4.98 Å². The van der Waals surface area contributed by atoms with Gasteiger partial charge < -0.3 is 5.11 Å². The first kappa shape index (κ1) is 10.1. The van der Waals surface area contributed by atoms with Crippen LogP contribution in [-0.4, -0.2) is 39.0 Å². The first-order valence-corrected chi connectivity index (χ1v) is 5.34. The van der Waals surface area contributed by atoms with Gasteiger partial charge >= 0.3 is 5.97 Å². The largest absolute Gasteiger partial charge is 0.480 e. The van der Waals surface area contributed by atoms with Gasteiger partial charge in [-0.3, -0.25) is 14.1 Å². The summed E-state index contributed by atoms with van der Waals surface area (Å²) in [4.78, 5) is 17.5. The van der Waals surface area contributed by atoms with Crippen LogP contribution in [0.15, 0.2) is 17.8 Å². The predicted octanol–water partition coefficient (Wildman–Crippen LogP) is 0.912. The molecule has 2 heterocycles. The molecule has 0 bridgehead atoms. The summed E-state index contributed by atoms with van der Waals surface area (Å²) in [7, 11) is 1.77. The van der Waals surface area contributed by atoms with Gasteiger partial charge in [0.1, 0.15) is 0 Å². The summed E-state index contributed by atoms with van der Waals surface area (Å²) in [6.45, 7) is 0.589. The zero-order valence-corrected chi connectivity index (χ0v) is 9.07. The SMILES string of the molecule is CN(CC(=O)O)Cc1cn2ccsc2n1. The average molecular weight is 225 g/mol. The lowest BCUT2D eigenvalue weighted by atomic mass is 10.4. The standard InChI is InChI=1S/C9H11N3O2S/c1-11(6-8(13)14)4-7-5-12-2-3-15-9(12)10-7/h2-3,5H,4,6H2,1H3,(H,13,14). The first-order valence-electron chi connectivity index (χ1n) is 4.46. The molecule has 1 N–H and O–H groups in total. The fraction of sp³-hybridized carbons (Fsp3) is 0.333. The molecule has 0 aliphatic carbocycles. The maximum Gasteiger partial charge on any atom is 0.317 e. The van der Waals surface area contributed by atoms with Gasteiger partial charge in [0.2, 0.25) is 0 Å². The van der Waals surface area contributed by atoms with Gasteiger partial charge in [-0.1, -0.05) is 0 Å². The molecular weight excluding hydrogens is 214 g/mol. The number of imidazole rings is 1. The number of carboxylic acid groups (broad SMARTS) is 1. The number of likely N-dealkylation sites (N-methyl/N-ethyl adjacent to an activating group) is 1. The van der Waals surface area contributed by atoms with Gasteiger partial charge in [-0.2, -0.15) is 0 Å². The smallest absolute Gasteiger partial charge is 0.317 e. The lowest BCUT2D eigenvalue weighted by molar-refractivity contribution is -0.138. The molecule has 0 aliphatic heterocycles. The van der Waals surface area contributed by atoms with Crippen molar-refractivity contribution >= 4 is 22.3 Å². The normalized spacial score (nSPS) is 11.3. The van der Waals surface area contributed by atoms with Crippen molar-refractivity contribution in [1.29, 1.82) is 0 Å². The van der Waals surface area contributed by atoms with Gasteiger partial charge in [-0.15, -0.1) is 11.3 Å². The predicted molar refractivity (Wildman–Crippen MR) is 57.0 cm³/mol. The van der Waals surface area contributed by atoms with E-state index < -0.39 is 5.97 Å². The number of hydrogen-bond acceptors (Lipinski definition) is 4. The van der Waals surface area contributed by atoms with Crippen LogP contribution in [0.2, 0.25) is 0 Å². The molecule has 0 spiro atoms. The fourth-order valence-corrected chi connectivity index (χ4v) is 2.13. The second kappa shape index (κ2) is 4.00. The van der Waals surface area contributed by atoms with Crippen LogP contribution in [0.3, 0.4) is 0 Å². The minimum absolute atomic E-state index is 0.0329. The molecule has 6 heteroatoms. The molecule has 0 aliphatic rings. The molecule has 80 valence electrons. The number of hydrogen-bond donors (Lipinski definition) is 1. The van der Waals surface area contributed by atoms with Gasteiger partial charge in [0.15, 0.2) is 4.96 Å². The minimum atomic E-state index is -0.821. The Kier molecular flexibility index (Phi) is 2.70. The summed E-state index contributed by atoms with van der Waals surface area (Å²) in [5.41, 5.74) is 0.894. The Labute approximate surface area is 90.6 Å². The van der Waals surface area contributed by atoms with Crippen molar-refractivity contribution in [3.05, 3.63) is 23.5 Å². The van der Waals surface area contributed by atoms with Crippen molar-refractivity contribution in [2.45, 2.75) is 6.54 Å². The van der Waals surface area contributed by atoms with E-state index in [1.54, 1.807) is 23.3 Å². The Balaban J connectivity index is 2.05. The molecule has 2 rings (SSSR count). The van der Waals surface area contributed by atoms with Crippen LogP contribution in [0, 0.1) is 0 Å². The second-order valence-corrected chi connectivity index (χ2v) is 4.26. The summed E-state index contributed by atoms with van der Waals surface area (Å²) in [6, 6.07) is 0. The van der Waals surface area contributed by atoms with Crippen molar-refractivity contribution in [3.63, 3.8) is 0 Å². The van der Waals surface area contributed by atoms with E-state index in [0.717, 1.165) is 10.7 Å². The quantitative estimate of drug-likeness (QED) is 0.840. The highest BCUT2D eigenvalue weighted by Gasteiger charge is 2.08. The van der Waals surface area contributed by atoms with Gasteiger partial charge in [-0.25, -0.2) is 4.98 Å². The van der Waals surface area contributed by atoms with Gasteiger partial charge in [-0.05, 0) is 7.05 Å². The third-order valence-corrected chi connectivity index (χ3v) is 2.75. The van der Waals surface area contributed by atoms with Crippen LogP contribution in [-0.2, 0) is 11.3 Å². The van der Waals surface area contributed by atoms with Gasteiger partial charge in [0.05, 0.1) is 12.2 Å². The number of thiazole rings is 1. The zero-order chi connectivity index (χ0) is 10.8. The van der Waals surface area contributed by atoms with Crippen molar-refractivity contribution in [2.24, 2.45) is 0 Å². The van der Waals surface area contributed by atoms with E-state index >= 15 is 0 Å². The van der Waals surface area contributed by atoms with Crippen LogP contribution in [0.25, 0.3) is 4.96 Å². The van der Waals surface area contributed by atoms with E-state index in [4.69, 9.17) is 5.11 Å². The summed E-state index contributed by atoms with van der Waals surface area (Å²) in [5, 5.41) is 10.6. The van der Waals surface area contributed by atoms with E-state index in [9.17, 15) is 4.79 Å². The monoisotopic (exact) mass is 225 g/mol. The minimum Gasteiger partial charge on any atom is -0.480 e. The number of aliphatic carboxylic acids is 1. The molecule has 0 saturated carbocycles. The summed E-state index contributed by atoms with van der Waals surface area (Å²) < 4.78 is 1.94. The average Bonchev–Trinajstić information content (AvgIpc) is 2.60. The van der Waals surface area contributed by atoms with Crippen molar-refractivity contribution < 1.29 is 9.90 Å².